The fourth-order valence-electron chi connectivity index (χ4n) is 2.57. The summed E-state index contributed by atoms with van der Waals surface area (Å²) < 4.78 is 2.97. The Bertz CT molecular complexity index is 619. The zero-order chi connectivity index (χ0) is 14.9. The lowest BCUT2D eigenvalue weighted by Gasteiger charge is -2.19. The summed E-state index contributed by atoms with van der Waals surface area (Å²) in [5, 5.41) is 4.43. The molecule has 0 radical (unpaired) electrons. The van der Waals surface area contributed by atoms with Gasteiger partial charge in [-0.05, 0) is 47.8 Å². The molecule has 0 aliphatic rings. The van der Waals surface area contributed by atoms with Crippen molar-refractivity contribution in [1.82, 2.24) is 15.2 Å². The molecule has 0 saturated heterocycles. The van der Waals surface area contributed by atoms with Gasteiger partial charge in [-0.2, -0.15) is 5.10 Å². The van der Waals surface area contributed by atoms with Crippen LogP contribution in [0.3, 0.4) is 0 Å². The molecule has 5 heteroatoms. The highest BCUT2D eigenvalue weighted by molar-refractivity contribution is 9.10. The van der Waals surface area contributed by atoms with Crippen LogP contribution in [0.1, 0.15) is 34.1 Å². The van der Waals surface area contributed by atoms with E-state index in [1.165, 1.54) is 16.7 Å². The van der Waals surface area contributed by atoms with Crippen LogP contribution >= 0.6 is 15.9 Å². The molecule has 2 rings (SSSR count). The molecule has 0 saturated carbocycles. The minimum Gasteiger partial charge on any atom is -0.271 e. The molecule has 1 unspecified atom stereocenters. The fraction of sp³-hybridized carbons (Fsp3) is 0.400. The lowest BCUT2D eigenvalue weighted by Crippen LogP contribution is -2.30. The summed E-state index contributed by atoms with van der Waals surface area (Å²) in [5.41, 5.74) is 8.81. The molecular weight excluding hydrogens is 316 g/mol. The largest absolute Gasteiger partial charge is 0.271 e. The Morgan fingerprint density at radius 2 is 2.05 bits per heavy atom. The minimum absolute atomic E-state index is 0.0710. The van der Waals surface area contributed by atoms with Gasteiger partial charge in [0.1, 0.15) is 0 Å². The molecule has 2 aromatic rings. The number of hydrazine groups is 1. The first-order valence-corrected chi connectivity index (χ1v) is 7.44. The van der Waals surface area contributed by atoms with Gasteiger partial charge in [0.05, 0.1) is 21.9 Å². The van der Waals surface area contributed by atoms with Gasteiger partial charge in [-0.15, -0.1) is 0 Å². The van der Waals surface area contributed by atoms with Crippen molar-refractivity contribution in [3.05, 3.63) is 50.8 Å². The Balaban J connectivity index is 2.33. The molecule has 108 valence electrons. The van der Waals surface area contributed by atoms with Crippen molar-refractivity contribution < 1.29 is 0 Å². The lowest BCUT2D eigenvalue weighted by molar-refractivity contribution is 0.527. The van der Waals surface area contributed by atoms with E-state index in [4.69, 9.17) is 5.84 Å². The molecule has 3 N–H and O–H groups in total. The van der Waals surface area contributed by atoms with E-state index in [2.05, 4.69) is 58.5 Å². The summed E-state index contributed by atoms with van der Waals surface area (Å²) in [6.07, 6.45) is 0.790. The van der Waals surface area contributed by atoms with Gasteiger partial charge >= 0.3 is 0 Å². The average Bonchev–Trinajstić information content (AvgIpc) is 2.62. The van der Waals surface area contributed by atoms with Crippen LogP contribution in [0.5, 0.6) is 0 Å². The van der Waals surface area contributed by atoms with E-state index in [-0.39, 0.29) is 6.04 Å². The molecule has 0 aliphatic carbocycles. The van der Waals surface area contributed by atoms with Crippen molar-refractivity contribution in [2.75, 3.05) is 0 Å². The molecule has 4 nitrogen and oxygen atoms in total. The van der Waals surface area contributed by atoms with Crippen molar-refractivity contribution in [3.63, 3.8) is 0 Å². The quantitative estimate of drug-likeness (QED) is 0.666. The summed E-state index contributed by atoms with van der Waals surface area (Å²) in [4.78, 5) is 0. The highest BCUT2D eigenvalue weighted by Crippen LogP contribution is 2.27. The second-order valence-electron chi connectivity index (χ2n) is 5.25. The zero-order valence-electron chi connectivity index (χ0n) is 12.4. The van der Waals surface area contributed by atoms with Gasteiger partial charge in [-0.3, -0.25) is 16.0 Å². The molecule has 0 amide bonds. The Morgan fingerprint density at radius 1 is 1.35 bits per heavy atom. The smallest absolute Gasteiger partial charge is 0.0738 e. The second kappa shape index (κ2) is 6.08. The zero-order valence-corrected chi connectivity index (χ0v) is 14.0. The molecule has 0 bridgehead atoms. The van der Waals surface area contributed by atoms with Crippen LogP contribution < -0.4 is 11.3 Å². The first kappa shape index (κ1) is 15.2. The number of halogens is 1. The van der Waals surface area contributed by atoms with E-state index >= 15 is 0 Å². The topological polar surface area (TPSA) is 55.9 Å². The number of aryl methyl sites for hydroxylation is 4. The van der Waals surface area contributed by atoms with Crippen molar-refractivity contribution in [3.8, 4) is 0 Å². The van der Waals surface area contributed by atoms with Crippen LogP contribution in [-0.2, 0) is 13.5 Å². The first-order chi connectivity index (χ1) is 9.43. The Hall–Kier alpha value is -1.17. The van der Waals surface area contributed by atoms with Gasteiger partial charge in [0.25, 0.3) is 0 Å². The van der Waals surface area contributed by atoms with Crippen LogP contribution in [0.4, 0.5) is 0 Å². The van der Waals surface area contributed by atoms with Gasteiger partial charge in [0, 0.05) is 13.5 Å². The van der Waals surface area contributed by atoms with Crippen LogP contribution in [-0.4, -0.2) is 9.78 Å². The number of nitrogens with one attached hydrogen (secondary N) is 1. The second-order valence-corrected chi connectivity index (χ2v) is 6.05. The molecule has 1 heterocycles. The van der Waals surface area contributed by atoms with Gasteiger partial charge in [-0.25, -0.2) is 0 Å². The number of aromatic nitrogens is 2. The maximum atomic E-state index is 5.77. The molecule has 1 atom stereocenters. The van der Waals surface area contributed by atoms with E-state index in [1.807, 2.05) is 18.7 Å². The standard InChI is InChI=1S/C15H21BrN4/c1-9-5-6-12(10(2)7-9)13(18-17)8-14-15(16)11(3)19-20(14)4/h5-7,13,18H,8,17H2,1-4H3. The third-order valence-electron chi connectivity index (χ3n) is 3.66. The van der Waals surface area contributed by atoms with Crippen LogP contribution in [0.2, 0.25) is 0 Å². The number of rotatable bonds is 4. The summed E-state index contributed by atoms with van der Waals surface area (Å²) in [7, 11) is 1.96. The third kappa shape index (κ3) is 2.95. The molecule has 1 aromatic carbocycles. The minimum atomic E-state index is 0.0710. The molecule has 1 aromatic heterocycles. The Kier molecular flexibility index (Phi) is 4.62. The van der Waals surface area contributed by atoms with Crippen LogP contribution in [0, 0.1) is 20.8 Å². The summed E-state index contributed by atoms with van der Waals surface area (Å²) in [5.74, 6) is 5.77. The highest BCUT2D eigenvalue weighted by Gasteiger charge is 2.18. The third-order valence-corrected chi connectivity index (χ3v) is 4.69. The van der Waals surface area contributed by atoms with Gasteiger partial charge in [0.2, 0.25) is 0 Å². The predicted octanol–water partition coefficient (Wildman–Crippen LogP) is 2.85. The SMILES string of the molecule is Cc1ccc(C(Cc2c(Br)c(C)nn2C)NN)c(C)c1. The predicted molar refractivity (Wildman–Crippen MR) is 85.3 cm³/mol. The molecule has 20 heavy (non-hydrogen) atoms. The fourth-order valence-corrected chi connectivity index (χ4v) is 3.07. The molecule has 0 fully saturated rings. The summed E-state index contributed by atoms with van der Waals surface area (Å²) >= 11 is 3.61. The molecule has 0 spiro atoms. The average molecular weight is 337 g/mol. The van der Waals surface area contributed by atoms with E-state index in [1.54, 1.807) is 0 Å². The Morgan fingerprint density at radius 3 is 2.55 bits per heavy atom. The molecule has 0 aliphatic heterocycles. The van der Waals surface area contributed by atoms with Crippen molar-refractivity contribution in [1.29, 1.82) is 0 Å². The number of hydrogen-bond donors (Lipinski definition) is 2. The van der Waals surface area contributed by atoms with Crippen LogP contribution in [0.15, 0.2) is 22.7 Å². The van der Waals surface area contributed by atoms with Gasteiger partial charge < -0.3 is 0 Å². The van der Waals surface area contributed by atoms with E-state index in [0.717, 1.165) is 22.3 Å². The number of benzene rings is 1. The van der Waals surface area contributed by atoms with E-state index in [9.17, 15) is 0 Å². The maximum absolute atomic E-state index is 5.77. The van der Waals surface area contributed by atoms with Gasteiger partial charge in [-0.1, -0.05) is 23.8 Å². The summed E-state index contributed by atoms with van der Waals surface area (Å²) in [6.45, 7) is 6.22. The Labute approximate surface area is 128 Å². The number of nitrogens with zero attached hydrogens (tertiary/aromatic N) is 2. The first-order valence-electron chi connectivity index (χ1n) is 6.65. The van der Waals surface area contributed by atoms with Gasteiger partial charge in [0.15, 0.2) is 0 Å². The maximum Gasteiger partial charge on any atom is 0.0738 e. The van der Waals surface area contributed by atoms with Crippen LogP contribution in [0.25, 0.3) is 0 Å². The summed E-state index contributed by atoms with van der Waals surface area (Å²) in [6, 6.07) is 6.52. The van der Waals surface area contributed by atoms with E-state index in [0.29, 0.717) is 0 Å². The number of nitrogens with two attached hydrogens (primary N) is 1. The lowest BCUT2D eigenvalue weighted by atomic mass is 9.96. The number of hydrogen-bond acceptors (Lipinski definition) is 3. The molecular formula is C15H21BrN4. The highest BCUT2D eigenvalue weighted by atomic mass is 79.9. The van der Waals surface area contributed by atoms with Crippen molar-refractivity contribution >= 4 is 15.9 Å². The van der Waals surface area contributed by atoms with Crippen molar-refractivity contribution in [2.24, 2.45) is 12.9 Å². The normalized spacial score (nSPS) is 12.7. The van der Waals surface area contributed by atoms with Crippen molar-refractivity contribution in [2.45, 2.75) is 33.2 Å². The monoisotopic (exact) mass is 336 g/mol. The van der Waals surface area contributed by atoms with E-state index < -0.39 is 0 Å².